The molecule has 0 aliphatic heterocycles. The van der Waals surface area contributed by atoms with Crippen LogP contribution in [0.2, 0.25) is 0 Å². The van der Waals surface area contributed by atoms with E-state index in [1.165, 1.54) is 6.08 Å². The number of carboxylic acid groups (broad SMARTS) is 1. The van der Waals surface area contributed by atoms with Crippen LogP contribution in [0.3, 0.4) is 0 Å². The minimum Gasteiger partial charge on any atom is -0.478 e. The fourth-order valence-corrected chi connectivity index (χ4v) is 1.46. The normalized spacial score (nSPS) is 11.3. The molecule has 5 nitrogen and oxygen atoms in total. The molecule has 1 aromatic carbocycles. The molecule has 20 heavy (non-hydrogen) atoms. The highest BCUT2D eigenvalue weighted by Gasteiger charge is 2.15. The lowest BCUT2D eigenvalue weighted by Gasteiger charge is -2.19. The highest BCUT2D eigenvalue weighted by Crippen LogP contribution is 2.09. The summed E-state index contributed by atoms with van der Waals surface area (Å²) in [4.78, 5) is 22.0. The number of alkyl carbamates (subject to hydrolysis) is 1. The molecule has 5 heteroatoms. The van der Waals surface area contributed by atoms with Crippen molar-refractivity contribution in [2.75, 3.05) is 0 Å². The summed E-state index contributed by atoms with van der Waals surface area (Å²) in [6.07, 6.45) is 2.09. The zero-order valence-corrected chi connectivity index (χ0v) is 11.8. The minimum absolute atomic E-state index is 0.323. The number of ether oxygens (including phenoxy) is 1. The molecule has 0 heterocycles. The Hall–Kier alpha value is -2.30. The first kappa shape index (κ1) is 15.8. The van der Waals surface area contributed by atoms with E-state index >= 15 is 0 Å². The Bertz CT molecular complexity index is 515. The fraction of sp³-hybridized carbons (Fsp3) is 0.333. The topological polar surface area (TPSA) is 75.6 Å². The summed E-state index contributed by atoms with van der Waals surface area (Å²) < 4.78 is 5.13. The van der Waals surface area contributed by atoms with Gasteiger partial charge in [0.2, 0.25) is 0 Å². The van der Waals surface area contributed by atoms with E-state index in [0.29, 0.717) is 6.54 Å². The number of carboxylic acids is 1. The van der Waals surface area contributed by atoms with Crippen LogP contribution >= 0.6 is 0 Å². The van der Waals surface area contributed by atoms with Crippen LogP contribution in [0.25, 0.3) is 6.08 Å². The highest BCUT2D eigenvalue weighted by molar-refractivity contribution is 5.85. The van der Waals surface area contributed by atoms with Crippen molar-refractivity contribution in [1.29, 1.82) is 0 Å². The average Bonchev–Trinajstić information content (AvgIpc) is 2.32. The molecule has 0 radical (unpaired) electrons. The van der Waals surface area contributed by atoms with Gasteiger partial charge in [0.1, 0.15) is 5.60 Å². The SMILES string of the molecule is CC(C)(C)OC(=O)NCc1cccc(/C=C/C(=O)O)c1. The molecule has 0 atom stereocenters. The Kier molecular flexibility index (Phi) is 5.32. The van der Waals surface area contributed by atoms with Gasteiger partial charge in [0.15, 0.2) is 0 Å². The molecule has 0 aliphatic rings. The fourth-order valence-electron chi connectivity index (χ4n) is 1.46. The molecule has 0 aromatic heterocycles. The van der Waals surface area contributed by atoms with Gasteiger partial charge in [0.05, 0.1) is 0 Å². The number of hydrogen-bond acceptors (Lipinski definition) is 3. The van der Waals surface area contributed by atoms with Gasteiger partial charge in [0.25, 0.3) is 0 Å². The van der Waals surface area contributed by atoms with Crippen molar-refractivity contribution < 1.29 is 19.4 Å². The first-order chi connectivity index (χ1) is 9.26. The number of carbonyl (C=O) groups excluding carboxylic acids is 1. The Morgan fingerprint density at radius 3 is 2.65 bits per heavy atom. The molecule has 0 bridgehead atoms. The summed E-state index contributed by atoms with van der Waals surface area (Å²) in [6.45, 7) is 5.71. The number of aliphatic carboxylic acids is 1. The van der Waals surface area contributed by atoms with Crippen molar-refractivity contribution in [2.24, 2.45) is 0 Å². The van der Waals surface area contributed by atoms with E-state index in [4.69, 9.17) is 9.84 Å². The molecule has 0 aliphatic carbocycles. The molecule has 0 unspecified atom stereocenters. The maximum absolute atomic E-state index is 11.5. The number of benzene rings is 1. The van der Waals surface area contributed by atoms with Gasteiger partial charge < -0.3 is 15.2 Å². The predicted octanol–water partition coefficient (Wildman–Crippen LogP) is 2.81. The van der Waals surface area contributed by atoms with Crippen LogP contribution in [0.1, 0.15) is 31.9 Å². The summed E-state index contributed by atoms with van der Waals surface area (Å²) in [5.41, 5.74) is 1.09. The van der Waals surface area contributed by atoms with Gasteiger partial charge in [-0.25, -0.2) is 9.59 Å². The Labute approximate surface area is 118 Å². The van der Waals surface area contributed by atoms with Crippen LogP contribution < -0.4 is 5.32 Å². The van der Waals surface area contributed by atoms with Crippen LogP contribution in [0.5, 0.6) is 0 Å². The Balaban J connectivity index is 2.59. The molecule has 2 N–H and O–H groups in total. The number of hydrogen-bond donors (Lipinski definition) is 2. The van der Waals surface area contributed by atoms with E-state index in [-0.39, 0.29) is 0 Å². The zero-order chi connectivity index (χ0) is 15.2. The van der Waals surface area contributed by atoms with Gasteiger partial charge in [-0.3, -0.25) is 0 Å². The Morgan fingerprint density at radius 2 is 2.05 bits per heavy atom. The quantitative estimate of drug-likeness (QED) is 0.830. The third-order valence-corrected chi connectivity index (χ3v) is 2.21. The zero-order valence-electron chi connectivity index (χ0n) is 11.8. The molecule has 108 valence electrons. The van der Waals surface area contributed by atoms with Gasteiger partial charge in [-0.1, -0.05) is 18.2 Å². The van der Waals surface area contributed by atoms with Crippen molar-refractivity contribution in [1.82, 2.24) is 5.32 Å². The van der Waals surface area contributed by atoms with Crippen molar-refractivity contribution >= 4 is 18.1 Å². The van der Waals surface area contributed by atoms with E-state index in [9.17, 15) is 9.59 Å². The van der Waals surface area contributed by atoms with Gasteiger partial charge in [-0.15, -0.1) is 0 Å². The number of rotatable bonds is 4. The smallest absolute Gasteiger partial charge is 0.407 e. The molecule has 0 spiro atoms. The van der Waals surface area contributed by atoms with E-state index in [1.807, 2.05) is 6.07 Å². The average molecular weight is 277 g/mol. The standard InChI is InChI=1S/C15H19NO4/c1-15(2,3)20-14(19)16-10-12-6-4-5-11(9-12)7-8-13(17)18/h4-9H,10H2,1-3H3,(H,16,19)(H,17,18)/b8-7+. The van der Waals surface area contributed by atoms with Crippen molar-refractivity contribution in [3.05, 3.63) is 41.5 Å². The van der Waals surface area contributed by atoms with Crippen LogP contribution in [-0.4, -0.2) is 22.8 Å². The van der Waals surface area contributed by atoms with Crippen LogP contribution in [0, 0.1) is 0 Å². The van der Waals surface area contributed by atoms with E-state index < -0.39 is 17.7 Å². The third-order valence-electron chi connectivity index (χ3n) is 2.21. The van der Waals surface area contributed by atoms with Gasteiger partial charge >= 0.3 is 12.1 Å². The van der Waals surface area contributed by atoms with E-state index in [0.717, 1.165) is 17.2 Å². The van der Waals surface area contributed by atoms with Crippen LogP contribution in [0.15, 0.2) is 30.3 Å². The van der Waals surface area contributed by atoms with Crippen molar-refractivity contribution in [2.45, 2.75) is 32.9 Å². The van der Waals surface area contributed by atoms with Gasteiger partial charge in [-0.05, 0) is 44.0 Å². The molecule has 1 amide bonds. The highest BCUT2D eigenvalue weighted by atomic mass is 16.6. The van der Waals surface area contributed by atoms with Gasteiger partial charge in [0, 0.05) is 12.6 Å². The predicted molar refractivity (Wildman–Crippen MR) is 76.2 cm³/mol. The van der Waals surface area contributed by atoms with Crippen LogP contribution in [0.4, 0.5) is 4.79 Å². The maximum atomic E-state index is 11.5. The minimum atomic E-state index is -0.998. The van der Waals surface area contributed by atoms with Gasteiger partial charge in [-0.2, -0.15) is 0 Å². The van der Waals surface area contributed by atoms with Crippen LogP contribution in [-0.2, 0) is 16.1 Å². The first-order valence-electron chi connectivity index (χ1n) is 6.23. The second kappa shape index (κ2) is 6.75. The molecule has 0 saturated carbocycles. The number of carbonyl (C=O) groups is 2. The molecule has 1 rings (SSSR count). The first-order valence-corrected chi connectivity index (χ1v) is 6.23. The molecule has 1 aromatic rings. The summed E-state index contributed by atoms with van der Waals surface area (Å²) in [5, 5.41) is 11.2. The lowest BCUT2D eigenvalue weighted by Crippen LogP contribution is -2.32. The Morgan fingerprint density at radius 1 is 1.35 bits per heavy atom. The molecule has 0 saturated heterocycles. The van der Waals surface area contributed by atoms with E-state index in [2.05, 4.69) is 5.32 Å². The molecular weight excluding hydrogens is 258 g/mol. The summed E-state index contributed by atoms with van der Waals surface area (Å²) >= 11 is 0. The van der Waals surface area contributed by atoms with E-state index in [1.54, 1.807) is 39.0 Å². The third kappa shape index (κ3) is 6.58. The number of nitrogens with one attached hydrogen (secondary N) is 1. The van der Waals surface area contributed by atoms with Crippen molar-refractivity contribution in [3.63, 3.8) is 0 Å². The second-order valence-electron chi connectivity index (χ2n) is 5.27. The number of amides is 1. The summed E-state index contributed by atoms with van der Waals surface area (Å²) in [6, 6.07) is 7.23. The summed E-state index contributed by atoms with van der Waals surface area (Å²) in [5.74, 6) is -0.998. The lowest BCUT2D eigenvalue weighted by molar-refractivity contribution is -0.131. The maximum Gasteiger partial charge on any atom is 0.407 e. The lowest BCUT2D eigenvalue weighted by atomic mass is 10.1. The largest absolute Gasteiger partial charge is 0.478 e. The summed E-state index contributed by atoms with van der Waals surface area (Å²) in [7, 11) is 0. The molecular formula is C15H19NO4. The second-order valence-corrected chi connectivity index (χ2v) is 5.27. The monoisotopic (exact) mass is 277 g/mol. The van der Waals surface area contributed by atoms with Crippen molar-refractivity contribution in [3.8, 4) is 0 Å². The molecule has 0 fully saturated rings.